The van der Waals surface area contributed by atoms with Crippen molar-refractivity contribution in [3.63, 3.8) is 0 Å². The Morgan fingerprint density at radius 3 is 2.70 bits per heavy atom. The quantitative estimate of drug-likeness (QED) is 0.434. The van der Waals surface area contributed by atoms with E-state index in [0.717, 1.165) is 6.08 Å². The maximum Gasteiger partial charge on any atom is 0.340 e. The lowest BCUT2D eigenvalue weighted by atomic mass is 9.95. The van der Waals surface area contributed by atoms with Crippen molar-refractivity contribution in [3.05, 3.63) is 64.7 Å². The number of allylic oxidation sites excluding steroid dienone is 4. The Kier molecular flexibility index (Phi) is 6.44. The molecule has 0 saturated carbocycles. The summed E-state index contributed by atoms with van der Waals surface area (Å²) >= 11 is 0. The Labute approximate surface area is 168 Å². The molecule has 0 fully saturated rings. The molecule has 1 aliphatic heterocycles. The summed E-state index contributed by atoms with van der Waals surface area (Å²) in [6.07, 6.45) is -1.54. The average Bonchev–Trinajstić information content (AvgIpc) is 3.11. The van der Waals surface area contributed by atoms with Crippen LogP contribution in [0.3, 0.4) is 0 Å². The molecule has 3 rings (SSSR count). The second-order valence-corrected chi connectivity index (χ2v) is 6.93. The van der Waals surface area contributed by atoms with Crippen LogP contribution >= 0.6 is 0 Å². The second kappa shape index (κ2) is 8.71. The summed E-state index contributed by atoms with van der Waals surface area (Å²) in [5.41, 5.74) is 0.905. The Balaban J connectivity index is 1.52. The van der Waals surface area contributed by atoms with E-state index in [1.807, 2.05) is 0 Å². The zero-order chi connectivity index (χ0) is 21.9. The molecule has 0 unspecified atom stereocenters. The first-order valence-electron chi connectivity index (χ1n) is 9.12. The molecule has 1 heterocycles. The molecular formula is C20H19F7N2O. The summed E-state index contributed by atoms with van der Waals surface area (Å²) in [5, 5.41) is 5.84. The molecule has 0 bridgehead atoms. The van der Waals surface area contributed by atoms with Gasteiger partial charge in [-0.25, -0.2) is 13.2 Å². The van der Waals surface area contributed by atoms with Gasteiger partial charge in [0.05, 0.1) is 5.57 Å². The molecule has 0 aromatic heterocycles. The molecule has 0 atom stereocenters. The monoisotopic (exact) mass is 436 g/mol. The van der Waals surface area contributed by atoms with E-state index in [1.54, 1.807) is 6.07 Å². The smallest absolute Gasteiger partial charge is 0.340 e. The number of rotatable bonds is 9. The highest BCUT2D eigenvalue weighted by atomic mass is 19.3. The van der Waals surface area contributed by atoms with E-state index >= 15 is 0 Å². The van der Waals surface area contributed by atoms with Crippen molar-refractivity contribution in [1.82, 2.24) is 10.6 Å². The average molecular weight is 436 g/mol. The van der Waals surface area contributed by atoms with Crippen LogP contribution in [0.25, 0.3) is 0 Å². The maximum absolute atomic E-state index is 14.1. The highest BCUT2D eigenvalue weighted by Crippen LogP contribution is 2.43. The molecule has 1 aromatic carbocycles. The maximum atomic E-state index is 14.1. The van der Waals surface area contributed by atoms with E-state index in [9.17, 15) is 30.7 Å². The predicted molar refractivity (Wildman–Crippen MR) is 96.5 cm³/mol. The number of halogens is 7. The number of fused-ring (bicyclic) bond motifs is 1. The lowest BCUT2D eigenvalue weighted by Crippen LogP contribution is -2.33. The third kappa shape index (κ3) is 4.80. The molecule has 2 aliphatic rings. The van der Waals surface area contributed by atoms with E-state index in [-0.39, 0.29) is 36.5 Å². The van der Waals surface area contributed by atoms with Gasteiger partial charge in [0.2, 0.25) is 0 Å². The van der Waals surface area contributed by atoms with Crippen molar-refractivity contribution in [2.45, 2.75) is 31.2 Å². The molecule has 30 heavy (non-hydrogen) atoms. The van der Waals surface area contributed by atoms with Crippen LogP contribution in [0.2, 0.25) is 0 Å². The molecule has 0 spiro atoms. The van der Waals surface area contributed by atoms with Crippen LogP contribution in [0.15, 0.2) is 59.1 Å². The summed E-state index contributed by atoms with van der Waals surface area (Å²) in [5.74, 6) is -9.39. The minimum absolute atomic E-state index is 0.0124. The van der Waals surface area contributed by atoms with Crippen LogP contribution < -0.4 is 15.4 Å². The van der Waals surface area contributed by atoms with Crippen molar-refractivity contribution in [2.75, 3.05) is 19.7 Å². The first kappa shape index (κ1) is 22.2. The van der Waals surface area contributed by atoms with Gasteiger partial charge < -0.3 is 15.4 Å². The van der Waals surface area contributed by atoms with Gasteiger partial charge in [0.15, 0.2) is 12.4 Å². The van der Waals surface area contributed by atoms with Gasteiger partial charge in [-0.2, -0.15) is 17.6 Å². The van der Waals surface area contributed by atoms with Crippen LogP contribution in [-0.4, -0.2) is 38.0 Å². The van der Waals surface area contributed by atoms with Crippen molar-refractivity contribution in [1.29, 1.82) is 0 Å². The van der Waals surface area contributed by atoms with Gasteiger partial charge in [0.1, 0.15) is 5.75 Å². The van der Waals surface area contributed by atoms with Crippen molar-refractivity contribution >= 4 is 0 Å². The molecule has 1 aliphatic carbocycles. The van der Waals surface area contributed by atoms with Crippen LogP contribution in [0.4, 0.5) is 30.7 Å². The standard InChI is InChI=1S/C20H19F7N2O/c21-16-5-4-15-17(20(16,26)27)13(10-29-15)6-7-28-9-12-2-1-3-14(8-12)30-11-19(24,25)18(22)23/h1-5,8,18,28-29H,6-7,9-11H2. The van der Waals surface area contributed by atoms with Crippen LogP contribution in [0.1, 0.15) is 12.0 Å². The Morgan fingerprint density at radius 2 is 1.97 bits per heavy atom. The van der Waals surface area contributed by atoms with Gasteiger partial charge >= 0.3 is 18.3 Å². The largest absolute Gasteiger partial charge is 0.487 e. The Hall–Kier alpha value is -2.49. The number of ether oxygens (including phenoxy) is 1. The first-order chi connectivity index (χ1) is 14.1. The number of nitrogens with one attached hydrogen (secondary N) is 2. The number of benzene rings is 1. The summed E-state index contributed by atoms with van der Waals surface area (Å²) in [4.78, 5) is 0. The van der Waals surface area contributed by atoms with Gasteiger partial charge in [0.25, 0.3) is 0 Å². The molecule has 0 saturated heterocycles. The number of hydrogen-bond donors (Lipinski definition) is 2. The fraction of sp³-hybridized carbons (Fsp3) is 0.400. The van der Waals surface area contributed by atoms with Crippen LogP contribution in [0.5, 0.6) is 5.75 Å². The van der Waals surface area contributed by atoms with Crippen molar-refractivity contribution in [3.8, 4) is 5.75 Å². The SMILES string of the molecule is FC1=CC=C2NCC(CCNCc3cccc(OCC(F)(F)C(F)F)c3)=C2C1(F)F. The molecule has 0 radical (unpaired) electrons. The number of hydrogen-bond acceptors (Lipinski definition) is 3. The van der Waals surface area contributed by atoms with Crippen molar-refractivity contribution < 1.29 is 35.5 Å². The first-order valence-corrected chi connectivity index (χ1v) is 9.12. The molecule has 164 valence electrons. The highest BCUT2D eigenvalue weighted by Gasteiger charge is 2.46. The normalized spacial score (nSPS) is 18.1. The highest BCUT2D eigenvalue weighted by molar-refractivity contribution is 5.53. The molecule has 10 heteroatoms. The van der Waals surface area contributed by atoms with Gasteiger partial charge in [-0.3, -0.25) is 0 Å². The summed E-state index contributed by atoms with van der Waals surface area (Å²) in [6.45, 7) is -0.669. The zero-order valence-electron chi connectivity index (χ0n) is 15.6. The van der Waals surface area contributed by atoms with E-state index in [1.165, 1.54) is 24.3 Å². The minimum Gasteiger partial charge on any atom is -0.487 e. The van der Waals surface area contributed by atoms with Crippen LogP contribution in [0, 0.1) is 0 Å². The fourth-order valence-corrected chi connectivity index (χ4v) is 3.16. The second-order valence-electron chi connectivity index (χ2n) is 6.93. The molecule has 3 nitrogen and oxygen atoms in total. The van der Waals surface area contributed by atoms with E-state index < -0.39 is 30.7 Å². The van der Waals surface area contributed by atoms with Gasteiger partial charge in [0, 0.05) is 18.8 Å². The Bertz CT molecular complexity index is 878. The predicted octanol–water partition coefficient (Wildman–Crippen LogP) is 4.73. The third-order valence-corrected chi connectivity index (χ3v) is 4.71. The van der Waals surface area contributed by atoms with Gasteiger partial charge in [-0.05, 0) is 48.4 Å². The fourth-order valence-electron chi connectivity index (χ4n) is 3.16. The lowest BCUT2D eigenvalue weighted by Gasteiger charge is -2.21. The van der Waals surface area contributed by atoms with E-state index in [2.05, 4.69) is 10.6 Å². The van der Waals surface area contributed by atoms with E-state index in [0.29, 0.717) is 17.7 Å². The number of alkyl halides is 6. The van der Waals surface area contributed by atoms with Crippen LogP contribution in [-0.2, 0) is 6.54 Å². The van der Waals surface area contributed by atoms with Crippen molar-refractivity contribution in [2.24, 2.45) is 0 Å². The zero-order valence-corrected chi connectivity index (χ0v) is 15.6. The minimum atomic E-state index is -4.25. The summed E-state index contributed by atoms with van der Waals surface area (Å²) in [6, 6.07) is 5.97. The lowest BCUT2D eigenvalue weighted by molar-refractivity contribution is -0.148. The Morgan fingerprint density at radius 1 is 1.20 bits per heavy atom. The molecular weight excluding hydrogens is 417 g/mol. The third-order valence-electron chi connectivity index (χ3n) is 4.71. The topological polar surface area (TPSA) is 33.3 Å². The molecule has 0 amide bonds. The summed E-state index contributed by atoms with van der Waals surface area (Å²) < 4.78 is 96.7. The van der Waals surface area contributed by atoms with E-state index in [4.69, 9.17) is 4.74 Å². The molecule has 1 aromatic rings. The molecule has 2 N–H and O–H groups in total. The van der Waals surface area contributed by atoms with Gasteiger partial charge in [-0.1, -0.05) is 12.1 Å². The summed E-state index contributed by atoms with van der Waals surface area (Å²) in [7, 11) is 0. The van der Waals surface area contributed by atoms with Gasteiger partial charge in [-0.15, -0.1) is 0 Å².